The summed E-state index contributed by atoms with van der Waals surface area (Å²) in [6.45, 7) is 5.41. The van der Waals surface area contributed by atoms with Gasteiger partial charge in [-0.05, 0) is 38.5 Å². The maximum Gasteiger partial charge on any atom is 0.307 e. The number of esters is 1. The van der Waals surface area contributed by atoms with Gasteiger partial charge in [0.05, 0.1) is 25.5 Å². The van der Waals surface area contributed by atoms with Crippen LogP contribution < -0.4 is 4.74 Å². The molecule has 1 aromatic rings. The molecule has 0 aliphatic heterocycles. The molecule has 4 nitrogen and oxygen atoms in total. The molecule has 0 bridgehead atoms. The SMILES string of the molecule is COc1cccc(C(C#N)CC(=O)OC(C)(C)C)c1. The molecule has 0 radical (unpaired) electrons. The van der Waals surface area contributed by atoms with Crippen molar-refractivity contribution in [2.24, 2.45) is 0 Å². The zero-order valence-corrected chi connectivity index (χ0v) is 11.8. The normalized spacial score (nSPS) is 12.4. The van der Waals surface area contributed by atoms with E-state index in [9.17, 15) is 10.1 Å². The molecule has 0 amide bonds. The molecule has 1 atom stereocenters. The van der Waals surface area contributed by atoms with Crippen LogP contribution in [-0.4, -0.2) is 18.7 Å². The number of ether oxygens (including phenoxy) is 2. The maximum absolute atomic E-state index is 11.8. The number of hydrogen-bond acceptors (Lipinski definition) is 4. The summed E-state index contributed by atoms with van der Waals surface area (Å²) in [7, 11) is 1.56. The van der Waals surface area contributed by atoms with E-state index >= 15 is 0 Å². The molecule has 4 heteroatoms. The van der Waals surface area contributed by atoms with Crippen molar-refractivity contribution in [1.82, 2.24) is 0 Å². The zero-order chi connectivity index (χ0) is 14.5. The minimum Gasteiger partial charge on any atom is -0.497 e. The van der Waals surface area contributed by atoms with Crippen LogP contribution in [0.15, 0.2) is 24.3 Å². The van der Waals surface area contributed by atoms with Crippen LogP contribution in [0.5, 0.6) is 5.75 Å². The minimum absolute atomic E-state index is 0.0426. The van der Waals surface area contributed by atoms with E-state index in [1.54, 1.807) is 52.1 Å². The summed E-state index contributed by atoms with van der Waals surface area (Å²) in [5.74, 6) is -0.228. The van der Waals surface area contributed by atoms with Crippen LogP contribution in [0.4, 0.5) is 0 Å². The Hall–Kier alpha value is -2.02. The lowest BCUT2D eigenvalue weighted by Gasteiger charge is -2.20. The first-order chi connectivity index (χ1) is 8.85. The molecule has 0 fully saturated rings. The Bertz CT molecular complexity index is 483. The van der Waals surface area contributed by atoms with Gasteiger partial charge in [-0.1, -0.05) is 12.1 Å². The van der Waals surface area contributed by atoms with Crippen molar-refractivity contribution >= 4 is 5.97 Å². The predicted molar refractivity (Wildman–Crippen MR) is 71.8 cm³/mol. The second-order valence-corrected chi connectivity index (χ2v) is 5.25. The van der Waals surface area contributed by atoms with Crippen molar-refractivity contribution in [2.75, 3.05) is 7.11 Å². The molecule has 0 saturated carbocycles. The van der Waals surface area contributed by atoms with Crippen molar-refractivity contribution in [3.8, 4) is 11.8 Å². The largest absolute Gasteiger partial charge is 0.497 e. The van der Waals surface area contributed by atoms with Crippen molar-refractivity contribution in [3.63, 3.8) is 0 Å². The summed E-state index contributed by atoms with van der Waals surface area (Å²) in [5.41, 5.74) is 0.221. The van der Waals surface area contributed by atoms with Gasteiger partial charge in [0, 0.05) is 0 Å². The number of nitriles is 1. The number of carbonyl (C=O) groups excluding carboxylic acids is 1. The summed E-state index contributed by atoms with van der Waals surface area (Å²) < 4.78 is 10.3. The van der Waals surface area contributed by atoms with E-state index in [2.05, 4.69) is 6.07 Å². The monoisotopic (exact) mass is 261 g/mol. The van der Waals surface area contributed by atoms with Crippen LogP contribution in [0, 0.1) is 11.3 Å². The van der Waals surface area contributed by atoms with Crippen LogP contribution in [0.3, 0.4) is 0 Å². The smallest absolute Gasteiger partial charge is 0.307 e. The zero-order valence-electron chi connectivity index (χ0n) is 11.8. The van der Waals surface area contributed by atoms with Crippen LogP contribution in [0.25, 0.3) is 0 Å². The Morgan fingerprint density at radius 3 is 2.63 bits per heavy atom. The van der Waals surface area contributed by atoms with E-state index < -0.39 is 11.5 Å². The van der Waals surface area contributed by atoms with Crippen molar-refractivity contribution in [3.05, 3.63) is 29.8 Å². The molecule has 0 spiro atoms. The third-order valence-electron chi connectivity index (χ3n) is 2.44. The van der Waals surface area contributed by atoms with E-state index in [-0.39, 0.29) is 12.4 Å². The Kier molecular flexibility index (Phi) is 4.94. The molecular formula is C15H19NO3. The van der Waals surface area contributed by atoms with Gasteiger partial charge in [-0.15, -0.1) is 0 Å². The van der Waals surface area contributed by atoms with Gasteiger partial charge in [0.2, 0.25) is 0 Å². The van der Waals surface area contributed by atoms with Gasteiger partial charge in [-0.2, -0.15) is 5.26 Å². The van der Waals surface area contributed by atoms with E-state index in [0.29, 0.717) is 5.75 Å². The average Bonchev–Trinajstić information content (AvgIpc) is 2.34. The summed E-state index contributed by atoms with van der Waals surface area (Å²) in [5, 5.41) is 9.19. The molecule has 102 valence electrons. The third kappa shape index (κ3) is 5.01. The van der Waals surface area contributed by atoms with Crippen molar-refractivity contribution in [1.29, 1.82) is 5.26 Å². The van der Waals surface area contributed by atoms with Crippen LogP contribution in [0.2, 0.25) is 0 Å². The second kappa shape index (κ2) is 6.24. The molecule has 19 heavy (non-hydrogen) atoms. The van der Waals surface area contributed by atoms with E-state index in [1.807, 2.05) is 0 Å². The first-order valence-corrected chi connectivity index (χ1v) is 6.11. The molecule has 1 rings (SSSR count). The van der Waals surface area contributed by atoms with Gasteiger partial charge < -0.3 is 9.47 Å². The fourth-order valence-corrected chi connectivity index (χ4v) is 1.65. The quantitative estimate of drug-likeness (QED) is 0.782. The lowest BCUT2D eigenvalue weighted by Crippen LogP contribution is -2.24. The highest BCUT2D eigenvalue weighted by Crippen LogP contribution is 2.24. The van der Waals surface area contributed by atoms with Crippen molar-refractivity contribution in [2.45, 2.75) is 38.7 Å². The van der Waals surface area contributed by atoms with Gasteiger partial charge in [-0.25, -0.2) is 0 Å². The Balaban J connectivity index is 2.79. The molecule has 0 saturated heterocycles. The number of hydrogen-bond donors (Lipinski definition) is 0. The highest BCUT2D eigenvalue weighted by Gasteiger charge is 2.21. The van der Waals surface area contributed by atoms with Gasteiger partial charge in [-0.3, -0.25) is 4.79 Å². The van der Waals surface area contributed by atoms with E-state index in [0.717, 1.165) is 5.56 Å². The molecule has 1 aromatic carbocycles. The van der Waals surface area contributed by atoms with Gasteiger partial charge in [0.1, 0.15) is 11.4 Å². The second-order valence-electron chi connectivity index (χ2n) is 5.25. The molecule has 0 aliphatic carbocycles. The summed E-state index contributed by atoms with van der Waals surface area (Å²) >= 11 is 0. The van der Waals surface area contributed by atoms with Crippen molar-refractivity contribution < 1.29 is 14.3 Å². The first-order valence-electron chi connectivity index (χ1n) is 6.11. The third-order valence-corrected chi connectivity index (χ3v) is 2.44. The highest BCUT2D eigenvalue weighted by molar-refractivity contribution is 5.71. The van der Waals surface area contributed by atoms with Gasteiger partial charge in [0.15, 0.2) is 0 Å². The van der Waals surface area contributed by atoms with Crippen LogP contribution >= 0.6 is 0 Å². The molecule has 0 aromatic heterocycles. The number of nitrogens with zero attached hydrogens (tertiary/aromatic N) is 1. The van der Waals surface area contributed by atoms with Gasteiger partial charge in [0.25, 0.3) is 0 Å². The molecule has 0 N–H and O–H groups in total. The standard InChI is InChI=1S/C15H19NO3/c1-15(2,3)19-14(17)9-12(10-16)11-6-5-7-13(8-11)18-4/h5-8,12H,9H2,1-4H3. The average molecular weight is 261 g/mol. The number of methoxy groups -OCH3 is 1. The summed E-state index contributed by atoms with van der Waals surface area (Å²) in [6, 6.07) is 9.29. The van der Waals surface area contributed by atoms with E-state index in [1.165, 1.54) is 0 Å². The maximum atomic E-state index is 11.8. The Labute approximate surface area is 113 Å². The minimum atomic E-state index is -0.536. The Morgan fingerprint density at radius 2 is 2.11 bits per heavy atom. The van der Waals surface area contributed by atoms with Crippen LogP contribution in [0.1, 0.15) is 38.7 Å². The molecular weight excluding hydrogens is 242 g/mol. The summed E-state index contributed by atoms with van der Waals surface area (Å²) in [4.78, 5) is 11.8. The predicted octanol–water partition coefficient (Wildman–Crippen LogP) is 3.03. The van der Waals surface area contributed by atoms with Gasteiger partial charge >= 0.3 is 5.97 Å². The Morgan fingerprint density at radius 1 is 1.42 bits per heavy atom. The fourth-order valence-electron chi connectivity index (χ4n) is 1.65. The topological polar surface area (TPSA) is 59.3 Å². The first kappa shape index (κ1) is 15.0. The van der Waals surface area contributed by atoms with Crippen LogP contribution in [-0.2, 0) is 9.53 Å². The van der Waals surface area contributed by atoms with E-state index in [4.69, 9.17) is 9.47 Å². The number of rotatable bonds is 4. The fraction of sp³-hybridized carbons (Fsp3) is 0.467. The number of carbonyl (C=O) groups is 1. The molecule has 0 heterocycles. The summed E-state index contributed by atoms with van der Waals surface area (Å²) in [6.07, 6.45) is 0.0426. The highest BCUT2D eigenvalue weighted by atomic mass is 16.6. The lowest BCUT2D eigenvalue weighted by atomic mass is 9.97. The molecule has 1 unspecified atom stereocenters. The lowest BCUT2D eigenvalue weighted by molar-refractivity contribution is -0.155. The number of benzene rings is 1. The molecule has 0 aliphatic rings.